The summed E-state index contributed by atoms with van der Waals surface area (Å²) in [6.45, 7) is 7.07. The van der Waals surface area contributed by atoms with Crippen LogP contribution in [0.5, 0.6) is 5.75 Å². The molecule has 4 nitrogen and oxygen atoms in total. The number of aryl methyl sites for hydroxylation is 1. The lowest BCUT2D eigenvalue weighted by molar-refractivity contribution is -0.917. The number of quaternary nitrogens is 1. The summed E-state index contributed by atoms with van der Waals surface area (Å²) >= 11 is 0. The number of nitrogens with zero attached hydrogens (tertiary/aromatic N) is 1. The van der Waals surface area contributed by atoms with Gasteiger partial charge in [0.05, 0.1) is 14.1 Å². The molecule has 4 heteroatoms. The van der Waals surface area contributed by atoms with Gasteiger partial charge in [0.1, 0.15) is 12.3 Å². The molecule has 0 saturated heterocycles. The molecule has 2 rings (SSSR count). The highest BCUT2D eigenvalue weighted by molar-refractivity contribution is 5.74. The minimum absolute atomic E-state index is 0.217. The highest BCUT2D eigenvalue weighted by Gasteiger charge is 2.34. The summed E-state index contributed by atoms with van der Waals surface area (Å²) in [4.78, 5) is 13.1. The summed E-state index contributed by atoms with van der Waals surface area (Å²) in [5, 5.41) is 0. The number of ether oxygens (including phenoxy) is 2. The molecule has 0 N–H and O–H groups in total. The molecule has 0 saturated carbocycles. The molecule has 0 spiro atoms. The summed E-state index contributed by atoms with van der Waals surface area (Å²) in [6.07, 6.45) is 15.5. The fraction of sp³-hybridized carbons (Fsp3) is 0.618. The van der Waals surface area contributed by atoms with E-state index < -0.39 is 6.29 Å². The third kappa shape index (κ3) is 12.5. The number of likely N-dealkylation sites (N-methyl/N-ethyl adjacent to an activating group) is 1. The zero-order valence-electron chi connectivity index (χ0n) is 24.9. The van der Waals surface area contributed by atoms with Crippen molar-refractivity contribution in [2.75, 3.05) is 14.1 Å². The first-order valence-electron chi connectivity index (χ1n) is 15.2. The van der Waals surface area contributed by atoms with Crippen molar-refractivity contribution in [2.45, 2.75) is 123 Å². The maximum Gasteiger partial charge on any atom is 0.367 e. The average Bonchev–Trinajstić information content (AvgIpc) is 2.90. The highest BCUT2D eigenvalue weighted by Crippen LogP contribution is 2.21. The van der Waals surface area contributed by atoms with E-state index in [2.05, 4.69) is 52.2 Å². The van der Waals surface area contributed by atoms with E-state index in [9.17, 15) is 4.79 Å². The lowest BCUT2D eigenvalue weighted by atomic mass is 10.0. The van der Waals surface area contributed by atoms with Gasteiger partial charge < -0.3 is 14.0 Å². The Morgan fingerprint density at radius 1 is 0.763 bits per heavy atom. The maximum absolute atomic E-state index is 13.1. The summed E-state index contributed by atoms with van der Waals surface area (Å²) in [5.74, 6) is 0.567. The quantitative estimate of drug-likeness (QED) is 0.0751. The van der Waals surface area contributed by atoms with Crippen molar-refractivity contribution in [3.05, 3.63) is 65.7 Å². The fourth-order valence-electron chi connectivity index (χ4n) is 4.82. The predicted octanol–water partition coefficient (Wildman–Crippen LogP) is 8.86. The summed E-state index contributed by atoms with van der Waals surface area (Å²) in [6, 6.07) is 18.3. The van der Waals surface area contributed by atoms with Crippen LogP contribution in [0.4, 0.5) is 0 Å². The standard InChI is InChI=1S/C34H54NO3/c1-6-8-9-10-11-12-13-14-15-17-22-30-25-20-26-32(27-30)37-33(21-7-2)38-34(36)29(3)35(4,5)28-31-23-18-16-19-24-31/h16,18-20,23-27,29,33H,6-15,17,21-22,28H2,1-5H3/q+1. The van der Waals surface area contributed by atoms with E-state index in [0.29, 0.717) is 10.9 Å². The maximum atomic E-state index is 13.1. The van der Waals surface area contributed by atoms with E-state index in [1.807, 2.05) is 37.3 Å². The van der Waals surface area contributed by atoms with Gasteiger partial charge in [0.15, 0.2) is 6.04 Å². The van der Waals surface area contributed by atoms with Crippen molar-refractivity contribution in [2.24, 2.45) is 0 Å². The van der Waals surface area contributed by atoms with Gasteiger partial charge in [-0.05, 0) is 43.9 Å². The first-order valence-corrected chi connectivity index (χ1v) is 15.2. The van der Waals surface area contributed by atoms with Gasteiger partial charge in [-0.1, -0.05) is 114 Å². The van der Waals surface area contributed by atoms with Gasteiger partial charge in [-0.25, -0.2) is 4.79 Å². The van der Waals surface area contributed by atoms with Crippen LogP contribution < -0.4 is 4.74 Å². The van der Waals surface area contributed by atoms with Gasteiger partial charge in [0, 0.05) is 12.0 Å². The van der Waals surface area contributed by atoms with Gasteiger partial charge in [-0.3, -0.25) is 0 Å². The number of hydrogen-bond acceptors (Lipinski definition) is 3. The van der Waals surface area contributed by atoms with E-state index in [1.165, 1.54) is 75.3 Å². The van der Waals surface area contributed by atoms with Crippen molar-refractivity contribution in [1.29, 1.82) is 0 Å². The van der Waals surface area contributed by atoms with Crippen molar-refractivity contribution in [3.8, 4) is 5.75 Å². The van der Waals surface area contributed by atoms with Crippen molar-refractivity contribution < 1.29 is 18.8 Å². The van der Waals surface area contributed by atoms with Crippen LogP contribution in [0.15, 0.2) is 54.6 Å². The molecule has 0 fully saturated rings. The molecule has 0 aliphatic rings. The van der Waals surface area contributed by atoms with E-state index in [0.717, 1.165) is 25.1 Å². The molecular formula is C34H54NO3+. The third-order valence-electron chi connectivity index (χ3n) is 7.58. The fourth-order valence-corrected chi connectivity index (χ4v) is 4.82. The molecule has 2 aromatic rings. The van der Waals surface area contributed by atoms with Gasteiger partial charge in [-0.2, -0.15) is 0 Å². The number of benzene rings is 2. The molecular weight excluding hydrogens is 470 g/mol. The van der Waals surface area contributed by atoms with E-state index >= 15 is 0 Å². The second-order valence-electron chi connectivity index (χ2n) is 11.5. The molecule has 0 aliphatic heterocycles. The second-order valence-corrected chi connectivity index (χ2v) is 11.5. The van der Waals surface area contributed by atoms with Gasteiger partial charge in [0.25, 0.3) is 0 Å². The van der Waals surface area contributed by atoms with Crippen LogP contribution in [0.25, 0.3) is 0 Å². The lowest BCUT2D eigenvalue weighted by Crippen LogP contribution is -2.52. The average molecular weight is 525 g/mol. The van der Waals surface area contributed by atoms with Crippen molar-refractivity contribution in [3.63, 3.8) is 0 Å². The zero-order valence-corrected chi connectivity index (χ0v) is 24.9. The SMILES string of the molecule is CCCCCCCCCCCCc1cccc(OC(CCC)OC(=O)C(C)[N+](C)(C)Cc2ccccc2)c1. The van der Waals surface area contributed by atoms with E-state index in [1.54, 1.807) is 0 Å². The second kappa shape index (κ2) is 18.0. The van der Waals surface area contributed by atoms with Crippen LogP contribution in [0.1, 0.15) is 109 Å². The van der Waals surface area contributed by atoms with Crippen LogP contribution in [0.3, 0.4) is 0 Å². The van der Waals surface area contributed by atoms with Crippen LogP contribution in [-0.2, 0) is 22.5 Å². The summed E-state index contributed by atoms with van der Waals surface area (Å²) in [7, 11) is 4.15. The van der Waals surface area contributed by atoms with Crippen molar-refractivity contribution >= 4 is 5.97 Å². The number of rotatable bonds is 20. The number of esters is 1. The molecule has 0 heterocycles. The van der Waals surface area contributed by atoms with E-state index in [4.69, 9.17) is 9.47 Å². The monoisotopic (exact) mass is 524 g/mol. The first-order chi connectivity index (χ1) is 18.4. The Morgan fingerprint density at radius 2 is 1.37 bits per heavy atom. The smallest absolute Gasteiger partial charge is 0.367 e. The molecule has 2 aromatic carbocycles. The van der Waals surface area contributed by atoms with Gasteiger partial charge >= 0.3 is 5.97 Å². The van der Waals surface area contributed by atoms with Crippen LogP contribution >= 0.6 is 0 Å². The van der Waals surface area contributed by atoms with Crippen LogP contribution in [0.2, 0.25) is 0 Å². The Bertz CT molecular complexity index is 896. The largest absolute Gasteiger partial charge is 0.455 e. The summed E-state index contributed by atoms with van der Waals surface area (Å²) < 4.78 is 12.6. The Balaban J connectivity index is 1.80. The molecule has 2 atom stereocenters. The minimum Gasteiger partial charge on any atom is -0.455 e. The zero-order chi connectivity index (χ0) is 27.6. The molecule has 0 aromatic heterocycles. The van der Waals surface area contributed by atoms with Gasteiger partial charge in [0.2, 0.25) is 6.29 Å². The molecule has 0 amide bonds. The number of hydrogen-bond donors (Lipinski definition) is 0. The number of unbranched alkanes of at least 4 members (excludes halogenated alkanes) is 9. The Labute approximate surface area is 233 Å². The minimum atomic E-state index is -0.570. The van der Waals surface area contributed by atoms with Crippen molar-refractivity contribution in [1.82, 2.24) is 0 Å². The summed E-state index contributed by atoms with van der Waals surface area (Å²) in [5.41, 5.74) is 2.50. The molecule has 0 radical (unpaired) electrons. The highest BCUT2D eigenvalue weighted by atomic mass is 16.7. The Kier molecular flexibility index (Phi) is 15.1. The molecule has 0 aliphatic carbocycles. The lowest BCUT2D eigenvalue weighted by Gasteiger charge is -2.35. The Hall–Kier alpha value is -2.33. The van der Waals surface area contributed by atoms with Gasteiger partial charge in [-0.15, -0.1) is 0 Å². The Morgan fingerprint density at radius 3 is 2.00 bits per heavy atom. The normalized spacial score (nSPS) is 13.2. The van der Waals surface area contributed by atoms with E-state index in [-0.39, 0.29) is 12.0 Å². The third-order valence-corrected chi connectivity index (χ3v) is 7.58. The first kappa shape index (κ1) is 31.9. The van der Waals surface area contributed by atoms with Crippen LogP contribution in [-0.4, -0.2) is 36.9 Å². The molecule has 38 heavy (non-hydrogen) atoms. The number of carbonyl (C=O) groups excluding carboxylic acids is 1. The molecule has 0 bridgehead atoms. The molecule has 2 unspecified atom stereocenters. The predicted molar refractivity (Wildman–Crippen MR) is 159 cm³/mol. The van der Waals surface area contributed by atoms with Crippen LogP contribution in [0, 0.1) is 0 Å². The number of carbonyl (C=O) groups is 1. The molecule has 212 valence electrons. The topological polar surface area (TPSA) is 35.5 Å².